The topological polar surface area (TPSA) is 65.1 Å². The average molecular weight is 367 g/mol. The fraction of sp³-hybridized carbons (Fsp3) is 0.450. The molecule has 1 saturated heterocycles. The summed E-state index contributed by atoms with van der Waals surface area (Å²) < 4.78 is 4.47. The molecule has 7 heteroatoms. The predicted octanol–water partition coefficient (Wildman–Crippen LogP) is 1.55. The highest BCUT2D eigenvalue weighted by Crippen LogP contribution is 2.31. The number of piperidine rings is 1. The molecular formula is C20H25N5O2. The Bertz CT molecular complexity index is 1090. The van der Waals surface area contributed by atoms with Crippen molar-refractivity contribution in [1.29, 1.82) is 0 Å². The average Bonchev–Trinajstić information content (AvgIpc) is 3.04. The van der Waals surface area contributed by atoms with E-state index < -0.39 is 0 Å². The van der Waals surface area contributed by atoms with Crippen LogP contribution in [0.4, 0.5) is 0 Å². The van der Waals surface area contributed by atoms with E-state index in [1.807, 2.05) is 29.8 Å². The first-order valence-corrected chi connectivity index (χ1v) is 9.42. The number of likely N-dealkylation sites (tertiary alicyclic amines) is 1. The van der Waals surface area contributed by atoms with Gasteiger partial charge in [0.15, 0.2) is 11.2 Å². The van der Waals surface area contributed by atoms with E-state index in [9.17, 15) is 9.59 Å². The number of imidazole rings is 1. The van der Waals surface area contributed by atoms with Crippen LogP contribution in [0.1, 0.15) is 36.7 Å². The van der Waals surface area contributed by atoms with Gasteiger partial charge in [0, 0.05) is 21.1 Å². The summed E-state index contributed by atoms with van der Waals surface area (Å²) in [4.78, 5) is 32.3. The number of fused-ring (bicyclic) bond motifs is 1. The van der Waals surface area contributed by atoms with Crippen LogP contribution in [0.15, 0.2) is 39.9 Å². The maximum Gasteiger partial charge on any atom is 0.332 e. The van der Waals surface area contributed by atoms with Crippen LogP contribution in [-0.2, 0) is 21.1 Å². The first-order valence-electron chi connectivity index (χ1n) is 9.42. The van der Waals surface area contributed by atoms with Gasteiger partial charge in [0.25, 0.3) is 5.56 Å². The zero-order valence-electron chi connectivity index (χ0n) is 16.1. The quantitative estimate of drug-likeness (QED) is 0.704. The fourth-order valence-corrected chi connectivity index (χ4v) is 4.11. The van der Waals surface area contributed by atoms with E-state index in [1.165, 1.54) is 18.0 Å². The van der Waals surface area contributed by atoms with Gasteiger partial charge in [0.05, 0.1) is 6.04 Å². The van der Waals surface area contributed by atoms with Gasteiger partial charge in [-0.15, -0.1) is 0 Å². The van der Waals surface area contributed by atoms with E-state index in [2.05, 4.69) is 17.0 Å². The van der Waals surface area contributed by atoms with Crippen LogP contribution in [0.3, 0.4) is 0 Å². The molecule has 1 unspecified atom stereocenters. The van der Waals surface area contributed by atoms with Crippen LogP contribution >= 0.6 is 0 Å². The third-order valence-corrected chi connectivity index (χ3v) is 5.63. The van der Waals surface area contributed by atoms with Gasteiger partial charge in [-0.1, -0.05) is 36.8 Å². The van der Waals surface area contributed by atoms with Crippen molar-refractivity contribution in [2.75, 3.05) is 13.1 Å². The molecule has 4 rings (SSSR count). The SMILES string of the molecule is Cn1c(=O)c2c(nc(C(c3ccccc3)N3CCCCC3)n2C)n(C)c1=O. The third-order valence-electron chi connectivity index (χ3n) is 5.63. The predicted molar refractivity (Wildman–Crippen MR) is 105 cm³/mol. The van der Waals surface area contributed by atoms with Crippen molar-refractivity contribution in [2.45, 2.75) is 25.3 Å². The Labute approximate surface area is 157 Å². The number of hydrogen-bond acceptors (Lipinski definition) is 4. The summed E-state index contributed by atoms with van der Waals surface area (Å²) in [6.45, 7) is 2.00. The molecule has 1 fully saturated rings. The summed E-state index contributed by atoms with van der Waals surface area (Å²) in [5.74, 6) is 0.802. The first-order chi connectivity index (χ1) is 13.0. The van der Waals surface area contributed by atoms with E-state index >= 15 is 0 Å². The van der Waals surface area contributed by atoms with Crippen molar-refractivity contribution in [2.24, 2.45) is 21.1 Å². The molecule has 0 radical (unpaired) electrons. The molecule has 27 heavy (non-hydrogen) atoms. The molecule has 0 aliphatic carbocycles. The van der Waals surface area contributed by atoms with Crippen molar-refractivity contribution >= 4 is 11.2 Å². The maximum atomic E-state index is 12.7. The lowest BCUT2D eigenvalue weighted by molar-refractivity contribution is 0.180. The van der Waals surface area contributed by atoms with Gasteiger partial charge in [-0.05, 0) is 31.5 Å². The number of rotatable bonds is 3. The molecule has 3 aromatic rings. The minimum Gasteiger partial charge on any atom is -0.324 e. The van der Waals surface area contributed by atoms with Gasteiger partial charge in [0.2, 0.25) is 0 Å². The van der Waals surface area contributed by atoms with Crippen LogP contribution in [0.2, 0.25) is 0 Å². The van der Waals surface area contributed by atoms with E-state index in [-0.39, 0.29) is 17.3 Å². The summed E-state index contributed by atoms with van der Waals surface area (Å²) in [6, 6.07) is 10.2. The second kappa shape index (κ2) is 6.81. The van der Waals surface area contributed by atoms with E-state index in [0.29, 0.717) is 11.2 Å². The van der Waals surface area contributed by atoms with E-state index in [1.54, 1.807) is 7.05 Å². The maximum absolute atomic E-state index is 12.7. The van der Waals surface area contributed by atoms with E-state index in [0.717, 1.165) is 41.9 Å². The molecule has 2 aromatic heterocycles. The smallest absolute Gasteiger partial charge is 0.324 e. The Hall–Kier alpha value is -2.67. The highest BCUT2D eigenvalue weighted by Gasteiger charge is 2.29. The number of nitrogens with zero attached hydrogens (tertiary/aromatic N) is 5. The lowest BCUT2D eigenvalue weighted by Gasteiger charge is -2.34. The Balaban J connectivity index is 1.98. The standard InChI is InChI=1S/C20H25N5O2/c1-22-16-18(23(2)20(27)24(3)19(16)26)21-17(22)15(14-10-6-4-7-11-14)25-12-8-5-9-13-25/h4,6-7,10-11,15H,5,8-9,12-13H2,1-3H3. The summed E-state index contributed by atoms with van der Waals surface area (Å²) in [5, 5.41) is 0. The molecule has 1 atom stereocenters. The summed E-state index contributed by atoms with van der Waals surface area (Å²) in [5.41, 5.74) is 1.40. The number of aryl methyl sites for hydroxylation is 2. The van der Waals surface area contributed by atoms with Gasteiger partial charge >= 0.3 is 5.69 Å². The molecule has 0 amide bonds. The van der Waals surface area contributed by atoms with Crippen LogP contribution in [-0.4, -0.2) is 36.7 Å². The second-order valence-corrected chi connectivity index (χ2v) is 7.32. The highest BCUT2D eigenvalue weighted by molar-refractivity contribution is 5.71. The Morgan fingerprint density at radius 1 is 0.889 bits per heavy atom. The van der Waals surface area contributed by atoms with Gasteiger partial charge < -0.3 is 4.57 Å². The lowest BCUT2D eigenvalue weighted by atomic mass is 10.0. The molecule has 1 aromatic carbocycles. The van der Waals surface area contributed by atoms with Gasteiger partial charge in [-0.25, -0.2) is 9.78 Å². The molecule has 3 heterocycles. The molecule has 0 N–H and O–H groups in total. The Morgan fingerprint density at radius 2 is 1.56 bits per heavy atom. The zero-order chi connectivity index (χ0) is 19.1. The normalized spacial score (nSPS) is 16.7. The summed E-state index contributed by atoms with van der Waals surface area (Å²) >= 11 is 0. The minimum atomic E-state index is -0.355. The van der Waals surface area contributed by atoms with Crippen LogP contribution in [0.25, 0.3) is 11.2 Å². The molecule has 1 aliphatic heterocycles. The molecule has 7 nitrogen and oxygen atoms in total. The Kier molecular flexibility index (Phi) is 4.47. The summed E-state index contributed by atoms with van der Waals surface area (Å²) in [6.07, 6.45) is 3.57. The van der Waals surface area contributed by atoms with Crippen LogP contribution in [0.5, 0.6) is 0 Å². The third kappa shape index (κ3) is 2.82. The number of hydrogen-bond donors (Lipinski definition) is 0. The van der Waals surface area contributed by atoms with Crippen LogP contribution in [0, 0.1) is 0 Å². The molecule has 0 spiro atoms. The highest BCUT2D eigenvalue weighted by atomic mass is 16.2. The molecule has 0 saturated carbocycles. The molecular weight excluding hydrogens is 342 g/mol. The largest absolute Gasteiger partial charge is 0.332 e. The first kappa shape index (κ1) is 17.7. The number of benzene rings is 1. The van der Waals surface area contributed by atoms with Crippen molar-refractivity contribution < 1.29 is 0 Å². The van der Waals surface area contributed by atoms with Gasteiger partial charge in [-0.2, -0.15) is 0 Å². The van der Waals surface area contributed by atoms with Crippen molar-refractivity contribution in [3.63, 3.8) is 0 Å². The summed E-state index contributed by atoms with van der Waals surface area (Å²) in [7, 11) is 5.05. The van der Waals surface area contributed by atoms with Crippen LogP contribution < -0.4 is 11.2 Å². The lowest BCUT2D eigenvalue weighted by Crippen LogP contribution is -2.37. The van der Waals surface area contributed by atoms with E-state index in [4.69, 9.17) is 4.98 Å². The Morgan fingerprint density at radius 3 is 2.22 bits per heavy atom. The molecule has 1 aliphatic rings. The van der Waals surface area contributed by atoms with Crippen molar-refractivity contribution in [3.8, 4) is 0 Å². The fourth-order valence-electron chi connectivity index (χ4n) is 4.11. The van der Waals surface area contributed by atoms with Gasteiger partial charge in [-0.3, -0.25) is 18.8 Å². The zero-order valence-corrected chi connectivity index (χ0v) is 16.1. The van der Waals surface area contributed by atoms with Crippen molar-refractivity contribution in [1.82, 2.24) is 23.6 Å². The monoisotopic (exact) mass is 367 g/mol. The molecule has 142 valence electrons. The number of aromatic nitrogens is 4. The second-order valence-electron chi connectivity index (χ2n) is 7.32. The van der Waals surface area contributed by atoms with Crippen molar-refractivity contribution in [3.05, 3.63) is 62.6 Å². The van der Waals surface area contributed by atoms with Gasteiger partial charge in [0.1, 0.15) is 5.82 Å². The minimum absolute atomic E-state index is 0.0382. The molecule has 0 bridgehead atoms.